The highest BCUT2D eigenvalue weighted by atomic mass is 32.2. The van der Waals surface area contributed by atoms with E-state index in [-0.39, 0.29) is 11.2 Å². The van der Waals surface area contributed by atoms with Crippen LogP contribution >= 0.6 is 0 Å². The smallest absolute Gasteiger partial charge is 0.271 e. The van der Waals surface area contributed by atoms with Crippen molar-refractivity contribution < 1.29 is 17.6 Å². The monoisotopic (exact) mass is 274 g/mol. The molecule has 0 radical (unpaired) electrons. The van der Waals surface area contributed by atoms with Crippen molar-refractivity contribution in [3.8, 4) is 0 Å². The zero-order valence-corrected chi connectivity index (χ0v) is 10.9. The number of furan rings is 1. The molecule has 0 aliphatic carbocycles. The number of hydrogen-bond acceptors (Lipinski definition) is 5. The number of primary sulfonamides is 1. The standard InChI is InChI=1S/C11H18N2O4S/c12-18(14,15)11-5-4-10(17-11)8-13-7-9-3-1-2-6-16-9/h4-5,9,13H,1-3,6-8H2,(H2,12,14,15). The van der Waals surface area contributed by atoms with Crippen molar-refractivity contribution in [2.24, 2.45) is 5.14 Å². The minimum atomic E-state index is -3.75. The van der Waals surface area contributed by atoms with Gasteiger partial charge in [0.25, 0.3) is 10.0 Å². The summed E-state index contributed by atoms with van der Waals surface area (Å²) in [4.78, 5) is 0. The Balaban J connectivity index is 1.78. The van der Waals surface area contributed by atoms with Gasteiger partial charge in [0.15, 0.2) is 0 Å². The van der Waals surface area contributed by atoms with E-state index in [2.05, 4.69) is 5.32 Å². The molecular weight excluding hydrogens is 256 g/mol. The summed E-state index contributed by atoms with van der Waals surface area (Å²) >= 11 is 0. The van der Waals surface area contributed by atoms with Crippen LogP contribution in [0.25, 0.3) is 0 Å². The van der Waals surface area contributed by atoms with Gasteiger partial charge in [0, 0.05) is 13.2 Å². The molecular formula is C11H18N2O4S. The third-order valence-corrected chi connectivity index (χ3v) is 3.64. The number of rotatable bonds is 5. The first-order valence-corrected chi connectivity index (χ1v) is 7.54. The molecule has 7 heteroatoms. The average Bonchev–Trinajstić information content (AvgIpc) is 2.79. The van der Waals surface area contributed by atoms with E-state index in [1.807, 2.05) is 0 Å². The van der Waals surface area contributed by atoms with E-state index in [1.165, 1.54) is 12.5 Å². The maximum atomic E-state index is 11.0. The fraction of sp³-hybridized carbons (Fsp3) is 0.636. The zero-order valence-electron chi connectivity index (χ0n) is 10.1. The topological polar surface area (TPSA) is 94.6 Å². The summed E-state index contributed by atoms with van der Waals surface area (Å²) in [6.45, 7) is 2.03. The fourth-order valence-corrected chi connectivity index (χ4v) is 2.41. The molecule has 6 nitrogen and oxygen atoms in total. The molecule has 1 aliphatic heterocycles. The lowest BCUT2D eigenvalue weighted by atomic mass is 10.1. The summed E-state index contributed by atoms with van der Waals surface area (Å²) in [5.74, 6) is 0.551. The van der Waals surface area contributed by atoms with E-state index in [0.717, 1.165) is 26.0 Å². The van der Waals surface area contributed by atoms with Crippen molar-refractivity contribution in [1.82, 2.24) is 5.32 Å². The van der Waals surface area contributed by atoms with Crippen LogP contribution in [-0.2, 0) is 21.3 Å². The summed E-state index contributed by atoms with van der Waals surface area (Å²) in [6, 6.07) is 2.97. The second-order valence-corrected chi connectivity index (χ2v) is 5.88. The molecule has 1 fully saturated rings. The Morgan fingerprint density at radius 1 is 1.39 bits per heavy atom. The van der Waals surface area contributed by atoms with E-state index in [4.69, 9.17) is 14.3 Å². The maximum absolute atomic E-state index is 11.0. The first kappa shape index (κ1) is 13.5. The predicted molar refractivity (Wildman–Crippen MR) is 65.4 cm³/mol. The van der Waals surface area contributed by atoms with Crippen molar-refractivity contribution in [3.05, 3.63) is 17.9 Å². The van der Waals surface area contributed by atoms with Gasteiger partial charge in [-0.2, -0.15) is 0 Å². The lowest BCUT2D eigenvalue weighted by Gasteiger charge is -2.22. The molecule has 0 aromatic carbocycles. The highest BCUT2D eigenvalue weighted by molar-refractivity contribution is 7.89. The Kier molecular flexibility index (Phi) is 4.39. The molecule has 102 valence electrons. The molecule has 0 amide bonds. The fourth-order valence-electron chi connectivity index (χ4n) is 1.93. The Labute approximate surface area is 107 Å². The molecule has 1 aliphatic rings. The first-order valence-electron chi connectivity index (χ1n) is 5.99. The van der Waals surface area contributed by atoms with Gasteiger partial charge in [0.1, 0.15) is 5.76 Å². The Bertz CT molecular complexity index is 477. The SMILES string of the molecule is NS(=O)(=O)c1ccc(CNCC2CCCCO2)o1. The Morgan fingerprint density at radius 2 is 2.22 bits per heavy atom. The van der Waals surface area contributed by atoms with Crippen LogP contribution in [0, 0.1) is 0 Å². The van der Waals surface area contributed by atoms with Gasteiger partial charge in [0.2, 0.25) is 5.09 Å². The molecule has 18 heavy (non-hydrogen) atoms. The van der Waals surface area contributed by atoms with Gasteiger partial charge in [-0.05, 0) is 31.4 Å². The van der Waals surface area contributed by atoms with Gasteiger partial charge in [-0.1, -0.05) is 0 Å². The number of sulfonamides is 1. The second-order valence-electron chi connectivity index (χ2n) is 4.39. The maximum Gasteiger partial charge on any atom is 0.271 e. The Morgan fingerprint density at radius 3 is 2.83 bits per heavy atom. The van der Waals surface area contributed by atoms with Crippen molar-refractivity contribution in [2.75, 3.05) is 13.2 Å². The third kappa shape index (κ3) is 3.81. The molecule has 1 saturated heterocycles. The van der Waals surface area contributed by atoms with E-state index in [0.29, 0.717) is 12.3 Å². The third-order valence-electron chi connectivity index (χ3n) is 2.86. The first-order chi connectivity index (χ1) is 8.55. The molecule has 2 rings (SSSR count). The Hall–Kier alpha value is -0.890. The molecule has 0 spiro atoms. The number of hydrogen-bond donors (Lipinski definition) is 2. The van der Waals surface area contributed by atoms with E-state index in [9.17, 15) is 8.42 Å². The molecule has 3 N–H and O–H groups in total. The molecule has 2 heterocycles. The number of nitrogens with one attached hydrogen (secondary N) is 1. The van der Waals surface area contributed by atoms with Crippen molar-refractivity contribution in [1.29, 1.82) is 0 Å². The van der Waals surface area contributed by atoms with Gasteiger partial charge in [-0.25, -0.2) is 13.6 Å². The minimum Gasteiger partial charge on any atom is -0.447 e. The number of ether oxygens (including phenoxy) is 1. The van der Waals surface area contributed by atoms with Crippen LogP contribution < -0.4 is 10.5 Å². The van der Waals surface area contributed by atoms with Crippen LogP contribution in [0.1, 0.15) is 25.0 Å². The van der Waals surface area contributed by atoms with Gasteiger partial charge in [-0.3, -0.25) is 0 Å². The minimum absolute atomic E-state index is 0.201. The molecule has 0 bridgehead atoms. The summed E-state index contributed by atoms with van der Waals surface area (Å²) in [6.07, 6.45) is 3.63. The summed E-state index contributed by atoms with van der Waals surface area (Å²) in [5, 5.41) is 7.93. The molecule has 1 aromatic heterocycles. The molecule has 1 unspecified atom stereocenters. The average molecular weight is 274 g/mol. The van der Waals surface area contributed by atoms with Crippen molar-refractivity contribution >= 4 is 10.0 Å². The molecule has 1 aromatic rings. The van der Waals surface area contributed by atoms with Crippen LogP contribution in [0.3, 0.4) is 0 Å². The lowest BCUT2D eigenvalue weighted by Crippen LogP contribution is -2.31. The van der Waals surface area contributed by atoms with Crippen molar-refractivity contribution in [3.63, 3.8) is 0 Å². The molecule has 1 atom stereocenters. The van der Waals surface area contributed by atoms with Gasteiger partial charge < -0.3 is 14.5 Å². The summed E-state index contributed by atoms with van der Waals surface area (Å²) in [5.41, 5.74) is 0. The highest BCUT2D eigenvalue weighted by Gasteiger charge is 2.15. The highest BCUT2D eigenvalue weighted by Crippen LogP contribution is 2.13. The van der Waals surface area contributed by atoms with Crippen LogP contribution in [0.5, 0.6) is 0 Å². The second kappa shape index (κ2) is 5.83. The van der Waals surface area contributed by atoms with Crippen LogP contribution in [0.15, 0.2) is 21.6 Å². The molecule has 0 saturated carbocycles. The summed E-state index contributed by atoms with van der Waals surface area (Å²) < 4.78 is 32.7. The van der Waals surface area contributed by atoms with E-state index in [1.54, 1.807) is 6.07 Å². The van der Waals surface area contributed by atoms with Gasteiger partial charge >= 0.3 is 0 Å². The lowest BCUT2D eigenvalue weighted by molar-refractivity contribution is 0.0165. The van der Waals surface area contributed by atoms with Crippen LogP contribution in [-0.4, -0.2) is 27.7 Å². The van der Waals surface area contributed by atoms with Gasteiger partial charge in [0.05, 0.1) is 12.6 Å². The van der Waals surface area contributed by atoms with E-state index < -0.39 is 10.0 Å². The van der Waals surface area contributed by atoms with Crippen molar-refractivity contribution in [2.45, 2.75) is 37.0 Å². The zero-order chi connectivity index (χ0) is 13.0. The van der Waals surface area contributed by atoms with Crippen LogP contribution in [0.2, 0.25) is 0 Å². The largest absolute Gasteiger partial charge is 0.447 e. The quantitative estimate of drug-likeness (QED) is 0.819. The van der Waals surface area contributed by atoms with Gasteiger partial charge in [-0.15, -0.1) is 0 Å². The van der Waals surface area contributed by atoms with E-state index >= 15 is 0 Å². The number of nitrogens with two attached hydrogens (primary N) is 1. The van der Waals surface area contributed by atoms with Crippen LogP contribution in [0.4, 0.5) is 0 Å². The normalized spacial score (nSPS) is 21.1. The predicted octanol–water partition coefficient (Wildman–Crippen LogP) is 0.586. The summed E-state index contributed by atoms with van der Waals surface area (Å²) in [7, 11) is -3.75.